The summed E-state index contributed by atoms with van der Waals surface area (Å²) >= 11 is 0. The zero-order valence-corrected chi connectivity index (χ0v) is 12.1. The van der Waals surface area contributed by atoms with E-state index in [4.69, 9.17) is 0 Å². The number of rotatable bonds is 4. The van der Waals surface area contributed by atoms with Crippen LogP contribution in [-0.4, -0.2) is 21.3 Å². The van der Waals surface area contributed by atoms with Gasteiger partial charge in [-0.15, -0.1) is 0 Å². The lowest BCUT2D eigenvalue weighted by Gasteiger charge is -1.99. The molecule has 0 atom stereocenters. The van der Waals surface area contributed by atoms with Gasteiger partial charge in [0, 0.05) is 12.0 Å². The van der Waals surface area contributed by atoms with E-state index in [1.165, 1.54) is 5.39 Å². The quantitative estimate of drug-likeness (QED) is 0.493. The van der Waals surface area contributed by atoms with E-state index in [1.807, 2.05) is 30.3 Å². The predicted octanol–water partition coefficient (Wildman–Crippen LogP) is 2.95. The summed E-state index contributed by atoms with van der Waals surface area (Å²) in [4.78, 5) is 0. The number of unbranched alkanes of at least 4 members (excludes halogenated alkanes) is 1. The number of benzene rings is 2. The second kappa shape index (κ2) is 6.56. The van der Waals surface area contributed by atoms with Gasteiger partial charge < -0.3 is 0 Å². The van der Waals surface area contributed by atoms with E-state index in [0.717, 1.165) is 17.2 Å². The van der Waals surface area contributed by atoms with Gasteiger partial charge in [-0.05, 0) is 23.3 Å². The second-order valence-electron chi connectivity index (χ2n) is 4.46. The van der Waals surface area contributed by atoms with Crippen molar-refractivity contribution in [1.29, 1.82) is 0 Å². The fourth-order valence-electron chi connectivity index (χ4n) is 1.86. The molecular weight excluding hydrogens is 272 g/mol. The van der Waals surface area contributed by atoms with Gasteiger partial charge in [0.15, 0.2) is 0 Å². The molecule has 0 aliphatic rings. The molecule has 2 aromatic rings. The van der Waals surface area contributed by atoms with E-state index in [-0.39, 0.29) is 6.61 Å². The molecule has 0 fully saturated rings. The first-order chi connectivity index (χ1) is 9.56. The van der Waals surface area contributed by atoms with Crippen LogP contribution in [0, 0.1) is 11.8 Å². The molecule has 0 heterocycles. The van der Waals surface area contributed by atoms with Gasteiger partial charge in [-0.2, -0.15) is 8.42 Å². The highest BCUT2D eigenvalue weighted by Crippen LogP contribution is 2.17. The van der Waals surface area contributed by atoms with Crippen LogP contribution in [0.2, 0.25) is 0 Å². The second-order valence-corrected chi connectivity index (χ2v) is 6.10. The first kappa shape index (κ1) is 14.6. The molecule has 0 spiro atoms. The average Bonchev–Trinajstić information content (AvgIpc) is 2.41. The average molecular weight is 288 g/mol. The highest BCUT2D eigenvalue weighted by Gasteiger charge is 1.99. The summed E-state index contributed by atoms with van der Waals surface area (Å²) in [6.07, 6.45) is 2.26. The summed E-state index contributed by atoms with van der Waals surface area (Å²) in [5.41, 5.74) is 0.993. The van der Waals surface area contributed by atoms with Crippen molar-refractivity contribution in [3.63, 3.8) is 0 Å². The van der Waals surface area contributed by atoms with Gasteiger partial charge in [-0.3, -0.25) is 4.18 Å². The molecule has 0 aliphatic carbocycles. The first-order valence-corrected chi connectivity index (χ1v) is 8.19. The van der Waals surface area contributed by atoms with Crippen LogP contribution in [0.15, 0.2) is 42.5 Å². The van der Waals surface area contributed by atoms with Crippen molar-refractivity contribution in [3.8, 4) is 11.8 Å². The van der Waals surface area contributed by atoms with Crippen molar-refractivity contribution in [1.82, 2.24) is 0 Å². The fourth-order valence-corrected chi connectivity index (χ4v) is 2.28. The van der Waals surface area contributed by atoms with Crippen molar-refractivity contribution < 1.29 is 12.6 Å². The minimum atomic E-state index is -3.34. The lowest BCUT2D eigenvalue weighted by atomic mass is 10.0. The third-order valence-corrected chi connectivity index (χ3v) is 3.35. The molecule has 0 saturated carbocycles. The molecule has 20 heavy (non-hydrogen) atoms. The zero-order chi connectivity index (χ0) is 14.4. The maximum Gasteiger partial charge on any atom is 0.264 e. The van der Waals surface area contributed by atoms with Crippen molar-refractivity contribution in [3.05, 3.63) is 48.0 Å². The summed E-state index contributed by atoms with van der Waals surface area (Å²) < 4.78 is 26.2. The maximum atomic E-state index is 10.8. The lowest BCUT2D eigenvalue weighted by molar-refractivity contribution is 0.317. The van der Waals surface area contributed by atoms with Crippen molar-refractivity contribution in [2.45, 2.75) is 12.8 Å². The Labute approximate surface area is 119 Å². The van der Waals surface area contributed by atoms with Crippen molar-refractivity contribution in [2.75, 3.05) is 12.9 Å². The Hall–Kier alpha value is -1.83. The van der Waals surface area contributed by atoms with Crippen LogP contribution in [0.4, 0.5) is 0 Å². The molecule has 0 radical (unpaired) electrons. The summed E-state index contributed by atoms with van der Waals surface area (Å²) in [5.74, 6) is 6.19. The van der Waals surface area contributed by atoms with Gasteiger partial charge in [0.1, 0.15) is 0 Å². The smallest absolute Gasteiger partial charge is 0.264 e. The van der Waals surface area contributed by atoms with Crippen molar-refractivity contribution in [2.24, 2.45) is 0 Å². The molecule has 4 heteroatoms. The summed E-state index contributed by atoms with van der Waals surface area (Å²) in [5, 5.41) is 2.30. The van der Waals surface area contributed by atoms with Gasteiger partial charge in [0.25, 0.3) is 10.1 Å². The van der Waals surface area contributed by atoms with E-state index in [2.05, 4.69) is 28.2 Å². The van der Waals surface area contributed by atoms with Gasteiger partial charge in [0.05, 0.1) is 12.9 Å². The SMILES string of the molecule is CS(=O)(=O)OCCCC#Cc1cccc2ccccc12. The molecule has 0 aromatic heterocycles. The van der Waals surface area contributed by atoms with Crippen LogP contribution >= 0.6 is 0 Å². The minimum Gasteiger partial charge on any atom is -0.270 e. The third kappa shape index (κ3) is 4.37. The third-order valence-electron chi connectivity index (χ3n) is 2.76. The molecule has 104 valence electrons. The fraction of sp³-hybridized carbons (Fsp3) is 0.250. The number of fused-ring (bicyclic) bond motifs is 1. The van der Waals surface area contributed by atoms with Crippen LogP contribution in [0.5, 0.6) is 0 Å². The molecule has 0 unspecified atom stereocenters. The number of hydrogen-bond donors (Lipinski definition) is 0. The molecule has 0 saturated heterocycles. The van der Waals surface area contributed by atoms with E-state index >= 15 is 0 Å². The summed E-state index contributed by atoms with van der Waals surface area (Å²) in [7, 11) is -3.34. The van der Waals surface area contributed by atoms with Crippen LogP contribution in [0.3, 0.4) is 0 Å². The molecular formula is C16H16O3S. The first-order valence-electron chi connectivity index (χ1n) is 6.37. The Morgan fingerprint density at radius 3 is 2.65 bits per heavy atom. The van der Waals surface area contributed by atoms with Gasteiger partial charge in [-0.1, -0.05) is 48.2 Å². The van der Waals surface area contributed by atoms with Crippen molar-refractivity contribution >= 4 is 20.9 Å². The molecule has 0 bridgehead atoms. The molecule has 0 N–H and O–H groups in total. The van der Waals surface area contributed by atoms with E-state index < -0.39 is 10.1 Å². The van der Waals surface area contributed by atoms with Gasteiger partial charge in [0.2, 0.25) is 0 Å². The van der Waals surface area contributed by atoms with Crippen LogP contribution in [-0.2, 0) is 14.3 Å². The van der Waals surface area contributed by atoms with E-state index in [0.29, 0.717) is 12.8 Å². The van der Waals surface area contributed by atoms with Gasteiger partial charge in [-0.25, -0.2) is 0 Å². The largest absolute Gasteiger partial charge is 0.270 e. The summed E-state index contributed by atoms with van der Waals surface area (Å²) in [6, 6.07) is 14.1. The molecule has 0 aliphatic heterocycles. The normalized spacial score (nSPS) is 11.1. The number of hydrogen-bond acceptors (Lipinski definition) is 3. The Kier molecular flexibility index (Phi) is 4.78. The van der Waals surface area contributed by atoms with Crippen LogP contribution < -0.4 is 0 Å². The molecule has 0 amide bonds. The van der Waals surface area contributed by atoms with Crippen LogP contribution in [0.1, 0.15) is 18.4 Å². The molecule has 2 aromatic carbocycles. The topological polar surface area (TPSA) is 43.4 Å². The predicted molar refractivity (Wildman–Crippen MR) is 80.9 cm³/mol. The highest BCUT2D eigenvalue weighted by atomic mass is 32.2. The summed E-state index contributed by atoms with van der Waals surface area (Å²) in [6.45, 7) is 0.184. The monoisotopic (exact) mass is 288 g/mol. The Morgan fingerprint density at radius 2 is 1.85 bits per heavy atom. The molecule has 2 rings (SSSR count). The lowest BCUT2D eigenvalue weighted by Crippen LogP contribution is -2.03. The zero-order valence-electron chi connectivity index (χ0n) is 11.3. The highest BCUT2D eigenvalue weighted by molar-refractivity contribution is 7.85. The Morgan fingerprint density at radius 1 is 1.10 bits per heavy atom. The Balaban J connectivity index is 1.98. The van der Waals surface area contributed by atoms with E-state index in [1.54, 1.807) is 0 Å². The standard InChI is InChI=1S/C16H16O3S/c1-20(17,18)19-13-6-2-3-8-14-10-7-11-15-9-4-5-12-16(14)15/h4-5,7,9-12H,2,6,13H2,1H3. The Bertz CT molecular complexity index is 747. The van der Waals surface area contributed by atoms with E-state index in [9.17, 15) is 8.42 Å². The van der Waals surface area contributed by atoms with Crippen LogP contribution in [0.25, 0.3) is 10.8 Å². The maximum absolute atomic E-state index is 10.8. The minimum absolute atomic E-state index is 0.184. The molecule has 3 nitrogen and oxygen atoms in total. The van der Waals surface area contributed by atoms with Gasteiger partial charge >= 0.3 is 0 Å².